The first-order chi connectivity index (χ1) is 13.5. The van der Waals surface area contributed by atoms with E-state index in [2.05, 4.69) is 10.2 Å². The zero-order valence-corrected chi connectivity index (χ0v) is 15.6. The van der Waals surface area contributed by atoms with Crippen LogP contribution in [0.15, 0.2) is 64.2 Å². The molecule has 28 heavy (non-hydrogen) atoms. The minimum Gasteiger partial charge on any atom is -0.484 e. The average Bonchev–Trinajstić information content (AvgIpc) is 3.34. The van der Waals surface area contributed by atoms with Gasteiger partial charge in [0.1, 0.15) is 11.5 Å². The van der Waals surface area contributed by atoms with E-state index >= 15 is 0 Å². The summed E-state index contributed by atoms with van der Waals surface area (Å²) in [5, 5.41) is 6.68. The third-order valence-corrected chi connectivity index (χ3v) is 5.65. The van der Waals surface area contributed by atoms with E-state index in [0.717, 1.165) is 11.3 Å². The molecule has 144 valence electrons. The van der Waals surface area contributed by atoms with E-state index in [0.29, 0.717) is 18.7 Å². The van der Waals surface area contributed by atoms with E-state index < -0.39 is 26.7 Å². The summed E-state index contributed by atoms with van der Waals surface area (Å²) in [5.41, 5.74) is 1.76. The van der Waals surface area contributed by atoms with Crippen molar-refractivity contribution in [3.05, 3.63) is 66.1 Å². The molecule has 0 radical (unpaired) electrons. The fraction of sp³-hybridized carbons (Fsp3) is 0.211. The number of sulfone groups is 1. The van der Waals surface area contributed by atoms with E-state index in [1.54, 1.807) is 30.3 Å². The van der Waals surface area contributed by atoms with Gasteiger partial charge in [-0.1, -0.05) is 41.5 Å². The normalized spacial score (nSPS) is 13.4. The van der Waals surface area contributed by atoms with Crippen LogP contribution in [0.25, 0.3) is 0 Å². The molecule has 9 heteroatoms. The molecule has 0 saturated heterocycles. The zero-order valence-electron chi connectivity index (χ0n) is 14.8. The van der Waals surface area contributed by atoms with Crippen LogP contribution in [0, 0.1) is 0 Å². The molecule has 0 spiro atoms. The summed E-state index contributed by atoms with van der Waals surface area (Å²) in [4.78, 5) is 14.0. The van der Waals surface area contributed by atoms with Crippen LogP contribution in [-0.4, -0.2) is 36.8 Å². The van der Waals surface area contributed by atoms with Gasteiger partial charge in [0.2, 0.25) is 15.7 Å². The van der Waals surface area contributed by atoms with Gasteiger partial charge in [-0.25, -0.2) is 8.42 Å². The summed E-state index contributed by atoms with van der Waals surface area (Å²) < 4.78 is 35.7. The van der Waals surface area contributed by atoms with Crippen molar-refractivity contribution in [2.75, 3.05) is 17.2 Å². The molecule has 3 aromatic rings. The van der Waals surface area contributed by atoms with Gasteiger partial charge in [-0.15, -0.1) is 5.10 Å². The molecule has 0 atom stereocenters. The number of rotatable bonds is 6. The van der Waals surface area contributed by atoms with Crippen molar-refractivity contribution in [1.29, 1.82) is 0 Å². The Morgan fingerprint density at radius 3 is 2.64 bits per heavy atom. The Morgan fingerprint density at radius 1 is 1.07 bits per heavy atom. The minimum atomic E-state index is -4.05. The van der Waals surface area contributed by atoms with Gasteiger partial charge in [-0.2, -0.15) is 0 Å². The van der Waals surface area contributed by atoms with Crippen LogP contribution >= 0.6 is 0 Å². The second-order valence-corrected chi connectivity index (χ2v) is 8.11. The predicted octanol–water partition coefficient (Wildman–Crippen LogP) is 2.01. The largest absolute Gasteiger partial charge is 0.484 e. The molecule has 1 amide bonds. The molecular formula is C19H17N3O5S. The maximum Gasteiger partial charge on any atom is 0.336 e. The van der Waals surface area contributed by atoms with Gasteiger partial charge in [0.25, 0.3) is 5.89 Å². The summed E-state index contributed by atoms with van der Waals surface area (Å²) in [6.07, 6.45) is 0.698. The average molecular weight is 399 g/mol. The minimum absolute atomic E-state index is 0.0152. The predicted molar refractivity (Wildman–Crippen MR) is 99.6 cm³/mol. The number of anilines is 1. The maximum absolute atomic E-state index is 12.5. The molecule has 1 aliphatic heterocycles. The van der Waals surface area contributed by atoms with Gasteiger partial charge in [0.05, 0.1) is 0 Å². The lowest BCUT2D eigenvalue weighted by atomic mass is 10.2. The molecular weight excluding hydrogens is 382 g/mol. The number of amides is 1. The molecule has 4 rings (SSSR count). The number of hydrogen-bond acceptors (Lipinski definition) is 7. The summed E-state index contributed by atoms with van der Waals surface area (Å²) in [6, 6.07) is 16.4. The van der Waals surface area contributed by atoms with Gasteiger partial charge < -0.3 is 14.1 Å². The molecule has 1 aliphatic rings. The fourth-order valence-corrected chi connectivity index (χ4v) is 3.98. The summed E-state index contributed by atoms with van der Waals surface area (Å²) in [6.45, 7) is 0.383. The van der Waals surface area contributed by atoms with Crippen LogP contribution in [0.2, 0.25) is 0 Å². The number of hydrogen-bond donors (Lipinski definition) is 0. The molecule has 0 aliphatic carbocycles. The third-order valence-electron chi connectivity index (χ3n) is 4.32. The van der Waals surface area contributed by atoms with Gasteiger partial charge in [-0.05, 0) is 30.2 Å². The van der Waals surface area contributed by atoms with Crippen molar-refractivity contribution in [3.63, 3.8) is 0 Å². The number of ether oxygens (including phenoxy) is 1. The number of carbonyl (C=O) groups is 1. The fourth-order valence-electron chi connectivity index (χ4n) is 2.98. The molecule has 0 bridgehead atoms. The van der Waals surface area contributed by atoms with Gasteiger partial charge in [0.15, 0.2) is 6.61 Å². The molecule has 1 aromatic heterocycles. The summed E-state index contributed by atoms with van der Waals surface area (Å²) in [7, 11) is -4.05. The summed E-state index contributed by atoms with van der Waals surface area (Å²) >= 11 is 0. The number of aromatic nitrogens is 2. The molecule has 0 saturated carbocycles. The van der Waals surface area contributed by atoms with Crippen molar-refractivity contribution < 1.29 is 22.4 Å². The van der Waals surface area contributed by atoms with Crippen molar-refractivity contribution in [2.24, 2.45) is 0 Å². The first kappa shape index (κ1) is 18.2. The highest BCUT2D eigenvalue weighted by atomic mass is 32.2. The molecule has 0 fully saturated rings. The van der Waals surface area contributed by atoms with E-state index in [1.165, 1.54) is 4.90 Å². The standard InChI is InChI=1S/C19H17N3O5S/c23-18(22-11-10-14-6-4-5-9-16(14)22)13-28(24,25)19-21-20-17(27-19)12-26-15-7-2-1-3-8-15/h1-9H,10-13H2. The van der Waals surface area contributed by atoms with E-state index in [-0.39, 0.29) is 12.5 Å². The van der Waals surface area contributed by atoms with Crippen LogP contribution in [0.4, 0.5) is 5.69 Å². The van der Waals surface area contributed by atoms with E-state index in [4.69, 9.17) is 9.15 Å². The van der Waals surface area contributed by atoms with Crippen LogP contribution < -0.4 is 9.64 Å². The number of nitrogens with zero attached hydrogens (tertiary/aromatic N) is 3. The highest BCUT2D eigenvalue weighted by Crippen LogP contribution is 2.28. The lowest BCUT2D eigenvalue weighted by Gasteiger charge is -2.16. The molecule has 0 unspecified atom stereocenters. The zero-order chi connectivity index (χ0) is 19.6. The molecule has 8 nitrogen and oxygen atoms in total. The molecule has 0 N–H and O–H groups in total. The Hall–Kier alpha value is -3.20. The third kappa shape index (κ3) is 3.74. The van der Waals surface area contributed by atoms with Gasteiger partial charge in [-0.3, -0.25) is 4.79 Å². The van der Waals surface area contributed by atoms with Crippen LogP contribution in [-0.2, 0) is 27.7 Å². The Balaban J connectivity index is 1.43. The first-order valence-electron chi connectivity index (χ1n) is 8.64. The van der Waals surface area contributed by atoms with E-state index in [1.807, 2.05) is 24.3 Å². The topological polar surface area (TPSA) is 103 Å². The monoisotopic (exact) mass is 399 g/mol. The number of carbonyl (C=O) groups excluding carboxylic acids is 1. The van der Waals surface area contributed by atoms with Crippen molar-refractivity contribution in [1.82, 2.24) is 10.2 Å². The van der Waals surface area contributed by atoms with Gasteiger partial charge in [0, 0.05) is 12.2 Å². The quantitative estimate of drug-likeness (QED) is 0.625. The maximum atomic E-state index is 12.5. The first-order valence-corrected chi connectivity index (χ1v) is 10.3. The van der Waals surface area contributed by atoms with Crippen molar-refractivity contribution in [3.8, 4) is 5.75 Å². The SMILES string of the molecule is O=C(CS(=O)(=O)c1nnc(COc2ccccc2)o1)N1CCc2ccccc21. The Kier molecular flexibility index (Phi) is 4.82. The Morgan fingerprint density at radius 2 is 1.82 bits per heavy atom. The van der Waals surface area contributed by atoms with E-state index in [9.17, 15) is 13.2 Å². The van der Waals surface area contributed by atoms with Crippen molar-refractivity contribution >= 4 is 21.4 Å². The van der Waals surface area contributed by atoms with Crippen LogP contribution in [0.5, 0.6) is 5.75 Å². The molecule has 2 heterocycles. The van der Waals surface area contributed by atoms with Crippen LogP contribution in [0.1, 0.15) is 11.5 Å². The number of para-hydroxylation sites is 2. The smallest absolute Gasteiger partial charge is 0.336 e. The lowest BCUT2D eigenvalue weighted by molar-refractivity contribution is -0.116. The van der Waals surface area contributed by atoms with Crippen LogP contribution in [0.3, 0.4) is 0 Å². The highest BCUT2D eigenvalue weighted by Gasteiger charge is 2.31. The lowest BCUT2D eigenvalue weighted by Crippen LogP contribution is -2.34. The van der Waals surface area contributed by atoms with Gasteiger partial charge >= 0.3 is 5.22 Å². The second-order valence-electron chi connectivity index (χ2n) is 6.25. The number of fused-ring (bicyclic) bond motifs is 1. The highest BCUT2D eigenvalue weighted by molar-refractivity contribution is 7.91. The Bertz CT molecular complexity index is 1100. The molecule has 2 aromatic carbocycles. The second kappa shape index (κ2) is 7.43. The Labute approximate surface area is 161 Å². The summed E-state index contributed by atoms with van der Waals surface area (Å²) in [5.74, 6) is -0.651. The van der Waals surface area contributed by atoms with Crippen molar-refractivity contribution in [2.45, 2.75) is 18.3 Å². The number of benzene rings is 2.